The van der Waals surface area contributed by atoms with Crippen LogP contribution in [0.3, 0.4) is 0 Å². The SMILES string of the molecule is COc1ccc(S(=O)(=O)NCC2CCC(O)C2)cc1OC. The second kappa shape index (κ2) is 6.64. The zero-order valence-corrected chi connectivity index (χ0v) is 13.0. The summed E-state index contributed by atoms with van der Waals surface area (Å²) in [7, 11) is -0.634. The molecular formula is C14H21NO5S. The Balaban J connectivity index is 2.08. The van der Waals surface area contributed by atoms with Crippen molar-refractivity contribution in [3.05, 3.63) is 18.2 Å². The molecule has 1 aromatic carbocycles. The van der Waals surface area contributed by atoms with Crippen LogP contribution in [0, 0.1) is 5.92 Å². The van der Waals surface area contributed by atoms with Gasteiger partial charge in [-0.05, 0) is 37.3 Å². The number of ether oxygens (including phenoxy) is 2. The third kappa shape index (κ3) is 3.87. The molecule has 2 unspecified atom stereocenters. The average Bonchev–Trinajstić information content (AvgIpc) is 2.90. The lowest BCUT2D eigenvalue weighted by molar-refractivity contribution is 0.178. The van der Waals surface area contributed by atoms with Gasteiger partial charge in [0.15, 0.2) is 11.5 Å². The first-order valence-corrected chi connectivity index (χ1v) is 8.34. The monoisotopic (exact) mass is 315 g/mol. The maximum atomic E-state index is 12.3. The summed E-state index contributed by atoms with van der Waals surface area (Å²) in [6, 6.07) is 4.48. The molecule has 0 spiro atoms. The molecule has 1 fully saturated rings. The van der Waals surface area contributed by atoms with Crippen molar-refractivity contribution in [1.82, 2.24) is 4.72 Å². The lowest BCUT2D eigenvalue weighted by Gasteiger charge is -2.13. The van der Waals surface area contributed by atoms with Crippen LogP contribution >= 0.6 is 0 Å². The Labute approximate surface area is 125 Å². The molecule has 118 valence electrons. The van der Waals surface area contributed by atoms with Gasteiger partial charge in [0, 0.05) is 12.6 Å². The topological polar surface area (TPSA) is 84.9 Å². The molecule has 0 bridgehead atoms. The summed E-state index contributed by atoms with van der Waals surface area (Å²) in [5.74, 6) is 1.04. The van der Waals surface area contributed by atoms with Crippen molar-refractivity contribution in [1.29, 1.82) is 0 Å². The molecule has 1 aromatic rings. The van der Waals surface area contributed by atoms with Crippen LogP contribution < -0.4 is 14.2 Å². The van der Waals surface area contributed by atoms with Crippen LogP contribution in [0.25, 0.3) is 0 Å². The van der Waals surface area contributed by atoms with E-state index in [9.17, 15) is 13.5 Å². The molecule has 1 aliphatic rings. The second-order valence-electron chi connectivity index (χ2n) is 5.20. The van der Waals surface area contributed by atoms with Crippen molar-refractivity contribution in [2.75, 3.05) is 20.8 Å². The fraction of sp³-hybridized carbons (Fsp3) is 0.571. The molecule has 0 aliphatic heterocycles. The first-order valence-electron chi connectivity index (χ1n) is 6.86. The summed E-state index contributed by atoms with van der Waals surface area (Å²) in [6.07, 6.45) is 1.92. The molecule has 1 saturated carbocycles. The number of aliphatic hydroxyl groups excluding tert-OH is 1. The molecule has 2 atom stereocenters. The fourth-order valence-electron chi connectivity index (χ4n) is 2.53. The summed E-state index contributed by atoms with van der Waals surface area (Å²) >= 11 is 0. The third-order valence-corrected chi connectivity index (χ3v) is 5.16. The Morgan fingerprint density at radius 2 is 1.95 bits per heavy atom. The van der Waals surface area contributed by atoms with Gasteiger partial charge in [0.2, 0.25) is 10.0 Å². The van der Waals surface area contributed by atoms with Crippen LogP contribution in [-0.4, -0.2) is 40.4 Å². The van der Waals surface area contributed by atoms with Crippen molar-refractivity contribution in [2.45, 2.75) is 30.3 Å². The van der Waals surface area contributed by atoms with Gasteiger partial charge in [0.05, 0.1) is 25.2 Å². The number of benzene rings is 1. The molecule has 2 N–H and O–H groups in total. The number of hydrogen-bond acceptors (Lipinski definition) is 5. The Kier molecular flexibility index (Phi) is 5.08. The van der Waals surface area contributed by atoms with Crippen LogP contribution in [0.1, 0.15) is 19.3 Å². The van der Waals surface area contributed by atoms with Gasteiger partial charge in [-0.2, -0.15) is 0 Å². The largest absolute Gasteiger partial charge is 0.493 e. The summed E-state index contributed by atoms with van der Waals surface area (Å²) in [5, 5.41) is 9.46. The number of rotatable bonds is 6. The van der Waals surface area contributed by atoms with Crippen LogP contribution in [-0.2, 0) is 10.0 Å². The van der Waals surface area contributed by atoms with Crippen LogP contribution in [0.15, 0.2) is 23.1 Å². The lowest BCUT2D eigenvalue weighted by atomic mass is 10.1. The zero-order chi connectivity index (χ0) is 15.5. The highest BCUT2D eigenvalue weighted by atomic mass is 32.2. The van der Waals surface area contributed by atoms with Crippen molar-refractivity contribution in [3.8, 4) is 11.5 Å². The highest BCUT2D eigenvalue weighted by molar-refractivity contribution is 7.89. The van der Waals surface area contributed by atoms with E-state index in [1.807, 2.05) is 0 Å². The lowest BCUT2D eigenvalue weighted by Crippen LogP contribution is -2.28. The van der Waals surface area contributed by atoms with E-state index in [0.29, 0.717) is 24.5 Å². The van der Waals surface area contributed by atoms with Gasteiger partial charge < -0.3 is 14.6 Å². The zero-order valence-electron chi connectivity index (χ0n) is 12.2. The van der Waals surface area contributed by atoms with E-state index in [2.05, 4.69) is 4.72 Å². The summed E-state index contributed by atoms with van der Waals surface area (Å²) in [5.41, 5.74) is 0. The number of sulfonamides is 1. The maximum absolute atomic E-state index is 12.3. The minimum Gasteiger partial charge on any atom is -0.493 e. The van der Waals surface area contributed by atoms with Crippen molar-refractivity contribution >= 4 is 10.0 Å². The highest BCUT2D eigenvalue weighted by Crippen LogP contribution is 2.30. The van der Waals surface area contributed by atoms with Crippen LogP contribution in [0.2, 0.25) is 0 Å². The van der Waals surface area contributed by atoms with Crippen molar-refractivity contribution in [2.24, 2.45) is 5.92 Å². The summed E-state index contributed by atoms with van der Waals surface area (Å²) < 4.78 is 37.3. The molecule has 0 saturated heterocycles. The maximum Gasteiger partial charge on any atom is 0.240 e. The van der Waals surface area contributed by atoms with Gasteiger partial charge in [0.1, 0.15) is 0 Å². The van der Waals surface area contributed by atoms with Gasteiger partial charge in [-0.25, -0.2) is 13.1 Å². The Morgan fingerprint density at radius 1 is 1.24 bits per heavy atom. The predicted molar refractivity (Wildman–Crippen MR) is 78.1 cm³/mol. The molecule has 7 heteroatoms. The normalized spacial score (nSPS) is 22.2. The van der Waals surface area contributed by atoms with Gasteiger partial charge >= 0.3 is 0 Å². The van der Waals surface area contributed by atoms with Crippen molar-refractivity contribution < 1.29 is 23.0 Å². The minimum atomic E-state index is -3.59. The first-order chi connectivity index (χ1) is 9.96. The fourth-order valence-corrected chi connectivity index (χ4v) is 3.66. The van der Waals surface area contributed by atoms with E-state index in [0.717, 1.165) is 12.8 Å². The molecule has 21 heavy (non-hydrogen) atoms. The Hall–Kier alpha value is -1.31. The molecule has 6 nitrogen and oxygen atoms in total. The molecule has 0 amide bonds. The number of hydrogen-bond donors (Lipinski definition) is 2. The van der Waals surface area contributed by atoms with E-state index < -0.39 is 10.0 Å². The number of nitrogens with one attached hydrogen (secondary N) is 1. The quantitative estimate of drug-likeness (QED) is 0.822. The van der Waals surface area contributed by atoms with Crippen LogP contribution in [0.5, 0.6) is 11.5 Å². The molecule has 1 aliphatic carbocycles. The van der Waals surface area contributed by atoms with E-state index in [-0.39, 0.29) is 16.9 Å². The summed E-state index contributed by atoms with van der Waals surface area (Å²) in [4.78, 5) is 0.138. The number of methoxy groups -OCH3 is 2. The molecule has 0 aromatic heterocycles. The van der Waals surface area contributed by atoms with Crippen LogP contribution in [0.4, 0.5) is 0 Å². The van der Waals surface area contributed by atoms with Gasteiger partial charge in [-0.15, -0.1) is 0 Å². The predicted octanol–water partition coefficient (Wildman–Crippen LogP) is 1.14. The molecule has 0 radical (unpaired) electrons. The number of aliphatic hydroxyl groups is 1. The minimum absolute atomic E-state index is 0.138. The van der Waals surface area contributed by atoms with Gasteiger partial charge in [-0.1, -0.05) is 0 Å². The summed E-state index contributed by atoms with van der Waals surface area (Å²) in [6.45, 7) is 0.341. The first kappa shape index (κ1) is 16.1. The second-order valence-corrected chi connectivity index (χ2v) is 6.97. The Morgan fingerprint density at radius 3 is 2.52 bits per heavy atom. The van der Waals surface area contributed by atoms with E-state index in [4.69, 9.17) is 9.47 Å². The van der Waals surface area contributed by atoms with E-state index in [1.165, 1.54) is 26.4 Å². The standard InChI is InChI=1S/C14H21NO5S/c1-19-13-6-5-12(8-14(13)20-2)21(17,18)15-9-10-3-4-11(16)7-10/h5-6,8,10-11,15-16H,3-4,7,9H2,1-2H3. The molecule has 0 heterocycles. The van der Waals surface area contributed by atoms with E-state index in [1.54, 1.807) is 6.07 Å². The van der Waals surface area contributed by atoms with Gasteiger partial charge in [-0.3, -0.25) is 0 Å². The van der Waals surface area contributed by atoms with Gasteiger partial charge in [0.25, 0.3) is 0 Å². The molecule has 2 rings (SSSR count). The smallest absolute Gasteiger partial charge is 0.240 e. The third-order valence-electron chi connectivity index (χ3n) is 3.74. The van der Waals surface area contributed by atoms with Crippen molar-refractivity contribution in [3.63, 3.8) is 0 Å². The highest BCUT2D eigenvalue weighted by Gasteiger charge is 2.25. The molecular weight excluding hydrogens is 294 g/mol. The average molecular weight is 315 g/mol. The Bertz CT molecular complexity index is 587. The van der Waals surface area contributed by atoms with E-state index >= 15 is 0 Å².